The standard InChI is InChI=1S/C14H19FO2/c1-8(2)13(16)17-14-5-9-3-10(6-14)12(15)11(4-9)7-14/h9-12H,1,3-7H2,2H3. The molecular formula is C14H19FO2. The molecule has 2 atom stereocenters. The largest absolute Gasteiger partial charge is 0.456 e. The Balaban J connectivity index is 1.80. The number of hydrogen-bond acceptors (Lipinski definition) is 2. The Morgan fingerprint density at radius 3 is 2.41 bits per heavy atom. The van der Waals surface area contributed by atoms with E-state index in [9.17, 15) is 9.18 Å². The van der Waals surface area contributed by atoms with Gasteiger partial charge in [-0.2, -0.15) is 0 Å². The minimum absolute atomic E-state index is 0.124. The van der Waals surface area contributed by atoms with Crippen molar-refractivity contribution in [1.82, 2.24) is 0 Å². The molecule has 4 bridgehead atoms. The highest BCUT2D eigenvalue weighted by molar-refractivity contribution is 5.87. The molecule has 2 unspecified atom stereocenters. The fourth-order valence-corrected chi connectivity index (χ4v) is 4.30. The van der Waals surface area contributed by atoms with Gasteiger partial charge in [-0.05, 0) is 56.8 Å². The maximum absolute atomic E-state index is 14.0. The summed E-state index contributed by atoms with van der Waals surface area (Å²) >= 11 is 0. The number of esters is 1. The number of halogens is 1. The number of carbonyl (C=O) groups is 1. The molecule has 0 aromatic rings. The average Bonchev–Trinajstić information content (AvgIpc) is 2.23. The zero-order chi connectivity index (χ0) is 12.2. The molecule has 0 radical (unpaired) electrons. The summed E-state index contributed by atoms with van der Waals surface area (Å²) in [6.45, 7) is 5.29. The number of carbonyl (C=O) groups excluding carboxylic acids is 1. The highest BCUT2D eigenvalue weighted by atomic mass is 19.1. The molecule has 0 spiro atoms. The second-order valence-corrected chi connectivity index (χ2v) is 6.27. The lowest BCUT2D eigenvalue weighted by Gasteiger charge is -2.57. The molecular weight excluding hydrogens is 219 g/mol. The van der Waals surface area contributed by atoms with Gasteiger partial charge in [0.05, 0.1) is 0 Å². The summed E-state index contributed by atoms with van der Waals surface area (Å²) in [5.74, 6) is 0.512. The summed E-state index contributed by atoms with van der Waals surface area (Å²) in [6, 6.07) is 0. The molecule has 4 aliphatic carbocycles. The molecule has 0 aromatic carbocycles. The van der Waals surface area contributed by atoms with E-state index in [1.165, 1.54) is 0 Å². The molecule has 0 amide bonds. The summed E-state index contributed by atoms with van der Waals surface area (Å²) in [5.41, 5.74) is 0.0762. The van der Waals surface area contributed by atoms with Crippen LogP contribution in [0.25, 0.3) is 0 Å². The Kier molecular flexibility index (Phi) is 2.36. The lowest BCUT2D eigenvalue weighted by molar-refractivity contribution is -0.194. The topological polar surface area (TPSA) is 26.3 Å². The molecule has 4 saturated carbocycles. The van der Waals surface area contributed by atoms with Crippen molar-refractivity contribution in [3.63, 3.8) is 0 Å². The Bertz CT molecular complexity index is 360. The zero-order valence-corrected chi connectivity index (χ0v) is 10.2. The van der Waals surface area contributed by atoms with Crippen LogP contribution in [0.4, 0.5) is 4.39 Å². The third-order valence-electron chi connectivity index (χ3n) is 4.76. The van der Waals surface area contributed by atoms with Gasteiger partial charge in [-0.3, -0.25) is 0 Å². The number of ether oxygens (including phenoxy) is 1. The van der Waals surface area contributed by atoms with Crippen LogP contribution in [0.15, 0.2) is 12.2 Å². The summed E-state index contributed by atoms with van der Waals surface area (Å²) < 4.78 is 19.7. The van der Waals surface area contributed by atoms with Crippen molar-refractivity contribution in [3.8, 4) is 0 Å². The smallest absolute Gasteiger partial charge is 0.333 e. The molecule has 4 aliphatic rings. The summed E-state index contributed by atoms with van der Waals surface area (Å²) in [4.78, 5) is 11.7. The van der Waals surface area contributed by atoms with Crippen LogP contribution in [0, 0.1) is 17.8 Å². The van der Waals surface area contributed by atoms with Gasteiger partial charge >= 0.3 is 5.97 Å². The zero-order valence-electron chi connectivity index (χ0n) is 10.2. The minimum atomic E-state index is -0.664. The van der Waals surface area contributed by atoms with Crippen LogP contribution in [0.1, 0.15) is 39.0 Å². The predicted molar refractivity (Wildman–Crippen MR) is 62.1 cm³/mol. The highest BCUT2D eigenvalue weighted by Crippen LogP contribution is 2.58. The molecule has 0 aliphatic heterocycles. The van der Waals surface area contributed by atoms with Crippen LogP contribution in [0.5, 0.6) is 0 Å². The fraction of sp³-hybridized carbons (Fsp3) is 0.786. The van der Waals surface area contributed by atoms with Crippen LogP contribution in [-0.4, -0.2) is 17.7 Å². The third-order valence-corrected chi connectivity index (χ3v) is 4.76. The van der Waals surface area contributed by atoms with Gasteiger partial charge in [0.2, 0.25) is 0 Å². The first-order chi connectivity index (χ1) is 7.99. The van der Waals surface area contributed by atoms with Crippen LogP contribution in [-0.2, 0) is 9.53 Å². The van der Waals surface area contributed by atoms with Gasteiger partial charge < -0.3 is 4.74 Å². The Morgan fingerprint density at radius 2 is 1.88 bits per heavy atom. The predicted octanol–water partition coefficient (Wildman–Crippen LogP) is 3.02. The first-order valence-corrected chi connectivity index (χ1v) is 6.52. The maximum atomic E-state index is 14.0. The quantitative estimate of drug-likeness (QED) is 0.546. The van der Waals surface area contributed by atoms with E-state index >= 15 is 0 Å². The molecule has 0 aromatic heterocycles. The molecule has 4 fully saturated rings. The molecule has 0 N–H and O–H groups in total. The van der Waals surface area contributed by atoms with Crippen LogP contribution in [0.3, 0.4) is 0 Å². The fourth-order valence-electron chi connectivity index (χ4n) is 4.30. The maximum Gasteiger partial charge on any atom is 0.333 e. The molecule has 4 rings (SSSR count). The summed E-state index contributed by atoms with van der Waals surface area (Å²) in [6.07, 6.45) is 3.70. The van der Waals surface area contributed by atoms with Crippen molar-refractivity contribution in [2.45, 2.75) is 50.8 Å². The third kappa shape index (κ3) is 1.71. The summed E-state index contributed by atoms with van der Waals surface area (Å²) in [7, 11) is 0. The van der Waals surface area contributed by atoms with Gasteiger partial charge in [0.25, 0.3) is 0 Å². The molecule has 0 saturated heterocycles. The van der Waals surface area contributed by atoms with E-state index in [1.807, 2.05) is 0 Å². The Labute approximate surface area is 101 Å². The van der Waals surface area contributed by atoms with Crippen LogP contribution < -0.4 is 0 Å². The Hall–Kier alpha value is -0.860. The van der Waals surface area contributed by atoms with E-state index in [4.69, 9.17) is 4.74 Å². The first-order valence-electron chi connectivity index (χ1n) is 6.52. The highest BCUT2D eigenvalue weighted by Gasteiger charge is 2.57. The van der Waals surface area contributed by atoms with Gasteiger partial charge in [-0.1, -0.05) is 6.58 Å². The van der Waals surface area contributed by atoms with E-state index in [1.54, 1.807) is 6.92 Å². The molecule has 2 nitrogen and oxygen atoms in total. The molecule has 94 valence electrons. The van der Waals surface area contributed by atoms with Crippen molar-refractivity contribution >= 4 is 5.97 Å². The van der Waals surface area contributed by atoms with Gasteiger partial charge in [-0.15, -0.1) is 0 Å². The Morgan fingerprint density at radius 1 is 1.29 bits per heavy atom. The second-order valence-electron chi connectivity index (χ2n) is 6.27. The normalized spacial score (nSPS) is 46.9. The van der Waals surface area contributed by atoms with Crippen LogP contribution >= 0.6 is 0 Å². The van der Waals surface area contributed by atoms with Crippen molar-refractivity contribution < 1.29 is 13.9 Å². The number of rotatable bonds is 2. The minimum Gasteiger partial charge on any atom is -0.456 e. The SMILES string of the molecule is C=C(C)C(=O)OC12CC3CC(C1)C(F)C(C3)C2. The van der Waals surface area contributed by atoms with Gasteiger partial charge in [0.15, 0.2) is 0 Å². The lowest BCUT2D eigenvalue weighted by Crippen LogP contribution is -2.57. The van der Waals surface area contributed by atoms with Crippen molar-refractivity contribution in [3.05, 3.63) is 12.2 Å². The van der Waals surface area contributed by atoms with Crippen molar-refractivity contribution in [1.29, 1.82) is 0 Å². The summed E-state index contributed by atoms with van der Waals surface area (Å²) in [5, 5.41) is 0. The van der Waals surface area contributed by atoms with Crippen molar-refractivity contribution in [2.24, 2.45) is 17.8 Å². The van der Waals surface area contributed by atoms with Gasteiger partial charge in [0.1, 0.15) is 11.8 Å². The molecule has 3 heteroatoms. The monoisotopic (exact) mass is 238 g/mol. The van der Waals surface area contributed by atoms with E-state index in [2.05, 4.69) is 6.58 Å². The van der Waals surface area contributed by atoms with E-state index in [0.717, 1.165) is 32.1 Å². The van der Waals surface area contributed by atoms with Gasteiger partial charge in [0, 0.05) is 5.57 Å². The first kappa shape index (κ1) is 11.2. The number of hydrogen-bond donors (Lipinski definition) is 0. The average molecular weight is 238 g/mol. The number of alkyl halides is 1. The molecule has 17 heavy (non-hydrogen) atoms. The van der Waals surface area contributed by atoms with E-state index < -0.39 is 6.17 Å². The second kappa shape index (κ2) is 3.56. The van der Waals surface area contributed by atoms with Crippen molar-refractivity contribution in [2.75, 3.05) is 0 Å². The lowest BCUT2D eigenvalue weighted by atomic mass is 9.53. The van der Waals surface area contributed by atoms with E-state index in [-0.39, 0.29) is 23.4 Å². The van der Waals surface area contributed by atoms with Gasteiger partial charge in [-0.25, -0.2) is 9.18 Å². The van der Waals surface area contributed by atoms with E-state index in [0.29, 0.717) is 11.5 Å². The van der Waals surface area contributed by atoms with Crippen LogP contribution in [0.2, 0.25) is 0 Å². The molecule has 0 heterocycles.